The van der Waals surface area contributed by atoms with Gasteiger partial charge in [-0.15, -0.1) is 0 Å². The molecule has 3 aromatic heterocycles. The van der Waals surface area contributed by atoms with Gasteiger partial charge < -0.3 is 14.3 Å². The first kappa shape index (κ1) is 16.7. The van der Waals surface area contributed by atoms with Crippen molar-refractivity contribution in [3.63, 3.8) is 0 Å². The van der Waals surface area contributed by atoms with Crippen LogP contribution in [0, 0.1) is 0 Å². The maximum Gasteiger partial charge on any atom is 0.281 e. The van der Waals surface area contributed by atoms with E-state index < -0.39 is 0 Å². The lowest BCUT2D eigenvalue weighted by molar-refractivity contribution is 0.0793. The van der Waals surface area contributed by atoms with Crippen LogP contribution in [-0.2, 0) is 6.54 Å². The lowest BCUT2D eigenvalue weighted by Gasteiger charge is -2.29. The minimum Gasteiger partial charge on any atom is -0.464 e. The number of pyridine rings is 1. The van der Waals surface area contributed by atoms with Gasteiger partial charge in [-0.05, 0) is 37.1 Å². The van der Waals surface area contributed by atoms with Crippen molar-refractivity contribution in [2.75, 3.05) is 13.1 Å². The summed E-state index contributed by atoms with van der Waals surface area (Å²) >= 11 is 1.47. The van der Waals surface area contributed by atoms with Crippen LogP contribution in [0.4, 0.5) is 0 Å². The number of thiazole rings is 1. The maximum atomic E-state index is 9.66. The van der Waals surface area contributed by atoms with Gasteiger partial charge in [0.25, 0.3) is 5.19 Å². The molecule has 6 nitrogen and oxygen atoms in total. The highest BCUT2D eigenvalue weighted by Crippen LogP contribution is 2.33. The molecule has 0 unspecified atom stereocenters. The molecule has 0 aliphatic carbocycles. The van der Waals surface area contributed by atoms with Crippen molar-refractivity contribution < 1.29 is 14.3 Å². The van der Waals surface area contributed by atoms with Gasteiger partial charge in [0.15, 0.2) is 5.65 Å². The second kappa shape index (κ2) is 6.92. The van der Waals surface area contributed by atoms with Gasteiger partial charge in [-0.3, -0.25) is 4.90 Å². The molecule has 0 amide bonds. The number of aromatic nitrogens is 2. The molecule has 138 valence electrons. The minimum absolute atomic E-state index is 0.153. The third kappa shape index (κ3) is 3.41. The van der Waals surface area contributed by atoms with E-state index in [0.717, 1.165) is 53.7 Å². The van der Waals surface area contributed by atoms with Crippen LogP contribution in [0.2, 0.25) is 0 Å². The number of aliphatic hydroxyl groups is 1. The van der Waals surface area contributed by atoms with E-state index in [1.807, 2.05) is 36.6 Å². The summed E-state index contributed by atoms with van der Waals surface area (Å²) in [4.78, 5) is 11.0. The average Bonchev–Trinajstić information content (AvgIpc) is 3.27. The highest BCUT2D eigenvalue weighted by atomic mass is 32.1. The Labute approximate surface area is 160 Å². The molecule has 1 fully saturated rings. The molecule has 1 aliphatic heterocycles. The number of likely N-dealkylation sites (tertiary alicyclic amines) is 1. The number of aliphatic hydroxyl groups excluding tert-OH is 1. The van der Waals surface area contributed by atoms with E-state index in [4.69, 9.17) is 9.15 Å². The average molecular weight is 381 g/mol. The zero-order valence-corrected chi connectivity index (χ0v) is 15.5. The normalized spacial score (nSPS) is 16.3. The van der Waals surface area contributed by atoms with Crippen molar-refractivity contribution in [2.24, 2.45) is 0 Å². The highest BCUT2D eigenvalue weighted by molar-refractivity contribution is 7.20. The molecule has 4 heterocycles. The number of piperidine rings is 1. The van der Waals surface area contributed by atoms with Gasteiger partial charge in [0, 0.05) is 42.8 Å². The van der Waals surface area contributed by atoms with Crippen LogP contribution in [0.3, 0.4) is 0 Å². The molecular weight excluding hydrogens is 362 g/mol. The Morgan fingerprint density at radius 2 is 2.15 bits per heavy atom. The van der Waals surface area contributed by atoms with Crippen LogP contribution in [0.25, 0.3) is 21.3 Å². The Balaban J connectivity index is 1.35. The van der Waals surface area contributed by atoms with Crippen LogP contribution in [0.1, 0.15) is 18.4 Å². The summed E-state index contributed by atoms with van der Waals surface area (Å²) in [6.45, 7) is 2.67. The van der Waals surface area contributed by atoms with E-state index in [0.29, 0.717) is 16.6 Å². The number of benzene rings is 1. The standard InChI is InChI=1S/C20H19N3O3S/c24-14-5-8-23(9-6-14)11-13-12-25-17-10-15(3-4-16(13)17)26-20-22-19-18(27-20)2-1-7-21-19/h1-4,7,10,12,14,24H,5-6,8-9,11H2. The van der Waals surface area contributed by atoms with Crippen molar-refractivity contribution in [1.29, 1.82) is 0 Å². The number of furan rings is 1. The molecule has 0 saturated carbocycles. The van der Waals surface area contributed by atoms with E-state index in [9.17, 15) is 5.11 Å². The quantitative estimate of drug-likeness (QED) is 0.572. The fraction of sp³-hybridized carbons (Fsp3) is 0.300. The molecule has 1 aliphatic rings. The molecule has 1 aromatic carbocycles. The smallest absolute Gasteiger partial charge is 0.281 e. The van der Waals surface area contributed by atoms with Crippen LogP contribution in [0.5, 0.6) is 10.9 Å². The van der Waals surface area contributed by atoms with E-state index in [1.165, 1.54) is 11.3 Å². The number of fused-ring (bicyclic) bond motifs is 2. The maximum absolute atomic E-state index is 9.66. The van der Waals surface area contributed by atoms with E-state index >= 15 is 0 Å². The van der Waals surface area contributed by atoms with E-state index in [-0.39, 0.29) is 6.10 Å². The Kier molecular flexibility index (Phi) is 4.27. The SMILES string of the molecule is OC1CCN(Cc2coc3cc(Oc4nc5ncccc5s4)ccc23)CC1. The van der Waals surface area contributed by atoms with Gasteiger partial charge in [-0.2, -0.15) is 4.98 Å². The summed E-state index contributed by atoms with van der Waals surface area (Å²) < 4.78 is 12.7. The summed E-state index contributed by atoms with van der Waals surface area (Å²) in [5.74, 6) is 0.698. The molecule has 27 heavy (non-hydrogen) atoms. The molecular formula is C20H19N3O3S. The predicted octanol–water partition coefficient (Wildman–Crippen LogP) is 4.19. The summed E-state index contributed by atoms with van der Waals surface area (Å²) in [6.07, 6.45) is 5.07. The van der Waals surface area contributed by atoms with Crippen molar-refractivity contribution >= 4 is 32.7 Å². The zero-order chi connectivity index (χ0) is 18.2. The molecule has 5 rings (SSSR count). The molecule has 0 spiro atoms. The van der Waals surface area contributed by atoms with Crippen molar-refractivity contribution in [3.8, 4) is 10.9 Å². The Bertz CT molecular complexity index is 1050. The first-order valence-electron chi connectivity index (χ1n) is 9.04. The summed E-state index contributed by atoms with van der Waals surface area (Å²) in [5.41, 5.74) is 2.67. The van der Waals surface area contributed by atoms with Crippen LogP contribution < -0.4 is 4.74 Å². The third-order valence-electron chi connectivity index (χ3n) is 4.93. The van der Waals surface area contributed by atoms with Crippen molar-refractivity contribution in [1.82, 2.24) is 14.9 Å². The number of rotatable bonds is 4. The molecule has 1 N–H and O–H groups in total. The number of hydrogen-bond donors (Lipinski definition) is 1. The first-order valence-corrected chi connectivity index (χ1v) is 9.86. The first-order chi connectivity index (χ1) is 13.2. The third-order valence-corrected chi connectivity index (χ3v) is 5.82. The van der Waals surface area contributed by atoms with Gasteiger partial charge in [0.05, 0.1) is 17.1 Å². The summed E-state index contributed by atoms with van der Waals surface area (Å²) in [6, 6.07) is 9.76. The molecule has 0 atom stereocenters. The van der Waals surface area contributed by atoms with E-state index in [2.05, 4.69) is 14.9 Å². The van der Waals surface area contributed by atoms with Crippen LogP contribution in [0.15, 0.2) is 47.2 Å². The van der Waals surface area contributed by atoms with Crippen LogP contribution in [-0.4, -0.2) is 39.2 Å². The Morgan fingerprint density at radius 3 is 3.00 bits per heavy atom. The fourth-order valence-electron chi connectivity index (χ4n) is 3.46. The summed E-state index contributed by atoms with van der Waals surface area (Å²) in [5, 5.41) is 11.3. The topological polar surface area (TPSA) is 71.6 Å². The summed E-state index contributed by atoms with van der Waals surface area (Å²) in [7, 11) is 0. The molecule has 4 aromatic rings. The number of hydrogen-bond acceptors (Lipinski definition) is 7. The van der Waals surface area contributed by atoms with Gasteiger partial charge in [0.2, 0.25) is 0 Å². The molecule has 7 heteroatoms. The minimum atomic E-state index is -0.153. The Morgan fingerprint density at radius 1 is 1.26 bits per heavy atom. The van der Waals surface area contributed by atoms with Gasteiger partial charge >= 0.3 is 0 Å². The molecule has 1 saturated heterocycles. The highest BCUT2D eigenvalue weighted by Gasteiger charge is 2.19. The largest absolute Gasteiger partial charge is 0.464 e. The zero-order valence-electron chi connectivity index (χ0n) is 14.7. The van der Waals surface area contributed by atoms with Crippen LogP contribution >= 0.6 is 11.3 Å². The lowest BCUT2D eigenvalue weighted by Crippen LogP contribution is -2.35. The Hall–Kier alpha value is -2.48. The van der Waals surface area contributed by atoms with Gasteiger partial charge in [0.1, 0.15) is 11.3 Å². The fourth-order valence-corrected chi connectivity index (χ4v) is 4.26. The number of nitrogens with zero attached hydrogens (tertiary/aromatic N) is 3. The second-order valence-corrected chi connectivity index (χ2v) is 7.83. The monoisotopic (exact) mass is 381 g/mol. The van der Waals surface area contributed by atoms with Gasteiger partial charge in [-0.1, -0.05) is 11.3 Å². The van der Waals surface area contributed by atoms with Gasteiger partial charge in [-0.25, -0.2) is 4.98 Å². The predicted molar refractivity (Wildman–Crippen MR) is 104 cm³/mol. The lowest BCUT2D eigenvalue weighted by atomic mass is 10.1. The molecule has 0 bridgehead atoms. The van der Waals surface area contributed by atoms with E-state index in [1.54, 1.807) is 6.20 Å². The molecule has 0 radical (unpaired) electrons. The number of ether oxygens (including phenoxy) is 1. The van der Waals surface area contributed by atoms with Crippen molar-refractivity contribution in [2.45, 2.75) is 25.5 Å². The second-order valence-electron chi connectivity index (χ2n) is 6.83. The van der Waals surface area contributed by atoms with Crippen molar-refractivity contribution in [3.05, 3.63) is 48.4 Å².